The van der Waals surface area contributed by atoms with E-state index < -0.39 is 17.9 Å². The number of thiophene rings is 1. The number of rotatable bonds is 4. The molecule has 0 unspecified atom stereocenters. The molecule has 1 aliphatic heterocycles. The molecule has 2 aromatic carbocycles. The Bertz CT molecular complexity index is 1450. The largest absolute Gasteiger partial charge is 0.477 e. The van der Waals surface area contributed by atoms with E-state index in [0.717, 1.165) is 0 Å². The molecular weight excluding hydrogens is 447 g/mol. The van der Waals surface area contributed by atoms with Gasteiger partial charge in [-0.25, -0.2) is 9.37 Å². The topological polar surface area (TPSA) is 108 Å². The monoisotopic (exact) mass is 464 g/mol. The van der Waals surface area contributed by atoms with Crippen LogP contribution in [0, 0.1) is 5.82 Å². The lowest BCUT2D eigenvalue weighted by Gasteiger charge is -2.33. The molecule has 1 aliphatic rings. The number of carbonyl (C=O) groups is 2. The number of fused-ring (bicyclic) bond motifs is 2. The number of amides is 2. The van der Waals surface area contributed by atoms with Gasteiger partial charge in [-0.2, -0.15) is 0 Å². The zero-order chi connectivity index (χ0) is 23.1. The van der Waals surface area contributed by atoms with Gasteiger partial charge in [0, 0.05) is 10.9 Å². The molecule has 1 atom stereocenters. The van der Waals surface area contributed by atoms with Crippen molar-refractivity contribution < 1.29 is 18.7 Å². The molecule has 2 aromatic heterocycles. The summed E-state index contributed by atoms with van der Waals surface area (Å²) in [6, 6.07) is 12.6. The quantitative estimate of drug-likeness (QED) is 0.500. The normalized spacial score (nSPS) is 15.2. The number of primary amides is 1. The molecule has 4 aromatic rings. The van der Waals surface area contributed by atoms with E-state index in [0.29, 0.717) is 32.8 Å². The molecule has 0 saturated heterocycles. The minimum Gasteiger partial charge on any atom is -0.477 e. The number of hydrogen-bond donors (Lipinski definition) is 1. The first-order valence-corrected chi connectivity index (χ1v) is 10.9. The Hall–Kier alpha value is -4.05. The van der Waals surface area contributed by atoms with Gasteiger partial charge in [0.25, 0.3) is 11.5 Å². The first kappa shape index (κ1) is 20.8. The van der Waals surface area contributed by atoms with Crippen LogP contribution >= 0.6 is 11.3 Å². The fourth-order valence-corrected chi connectivity index (χ4v) is 4.68. The lowest BCUT2D eigenvalue weighted by Crippen LogP contribution is -2.50. The molecule has 3 heterocycles. The van der Waals surface area contributed by atoms with E-state index in [9.17, 15) is 18.8 Å². The summed E-state index contributed by atoms with van der Waals surface area (Å²) >= 11 is 1.30. The third-order valence-electron chi connectivity index (χ3n) is 5.41. The molecule has 0 radical (unpaired) electrons. The first-order chi connectivity index (χ1) is 15.9. The zero-order valence-electron chi connectivity index (χ0n) is 17.1. The molecule has 33 heavy (non-hydrogen) atoms. The summed E-state index contributed by atoms with van der Waals surface area (Å²) in [5, 5.41) is 2.15. The highest BCUT2D eigenvalue weighted by atomic mass is 32.1. The van der Waals surface area contributed by atoms with Crippen molar-refractivity contribution >= 4 is 39.1 Å². The lowest BCUT2D eigenvalue weighted by atomic mass is 10.1. The van der Waals surface area contributed by atoms with E-state index in [2.05, 4.69) is 4.98 Å². The molecular formula is C23H17FN4O4S. The Morgan fingerprint density at radius 1 is 1.18 bits per heavy atom. The minimum atomic E-state index is -0.997. The number of ether oxygens (including phenoxy) is 1. The Morgan fingerprint density at radius 2 is 1.94 bits per heavy atom. The number of hydrogen-bond acceptors (Lipinski definition) is 6. The van der Waals surface area contributed by atoms with Crippen LogP contribution in [-0.2, 0) is 16.1 Å². The number of carbonyl (C=O) groups excluding carboxylic acids is 2. The number of para-hydroxylation sites is 2. The predicted molar refractivity (Wildman–Crippen MR) is 122 cm³/mol. The van der Waals surface area contributed by atoms with E-state index in [-0.39, 0.29) is 24.5 Å². The van der Waals surface area contributed by atoms with Crippen molar-refractivity contribution in [1.29, 1.82) is 0 Å². The van der Waals surface area contributed by atoms with E-state index in [1.807, 2.05) is 0 Å². The van der Waals surface area contributed by atoms with E-state index in [4.69, 9.17) is 10.5 Å². The van der Waals surface area contributed by atoms with Crippen molar-refractivity contribution in [3.63, 3.8) is 0 Å². The Labute approximate surface area is 190 Å². The van der Waals surface area contributed by atoms with Crippen LogP contribution in [0.4, 0.5) is 10.1 Å². The van der Waals surface area contributed by atoms with Crippen LogP contribution in [0.2, 0.25) is 0 Å². The van der Waals surface area contributed by atoms with Crippen molar-refractivity contribution in [2.45, 2.75) is 12.6 Å². The summed E-state index contributed by atoms with van der Waals surface area (Å²) in [4.78, 5) is 44.4. The van der Waals surface area contributed by atoms with Crippen molar-refractivity contribution in [3.05, 3.63) is 76.4 Å². The van der Waals surface area contributed by atoms with Gasteiger partial charge in [-0.05, 0) is 29.8 Å². The third kappa shape index (κ3) is 3.74. The number of nitrogens with two attached hydrogens (primary N) is 1. The first-order valence-electron chi connectivity index (χ1n) is 10.0. The molecule has 0 bridgehead atoms. The summed E-state index contributed by atoms with van der Waals surface area (Å²) < 4.78 is 20.2. The van der Waals surface area contributed by atoms with Gasteiger partial charge < -0.3 is 15.4 Å². The summed E-state index contributed by atoms with van der Waals surface area (Å²) in [6.07, 6.45) is 0.328. The highest BCUT2D eigenvalue weighted by molar-refractivity contribution is 7.17. The number of aromatic nitrogens is 2. The van der Waals surface area contributed by atoms with Crippen molar-refractivity contribution in [1.82, 2.24) is 9.55 Å². The van der Waals surface area contributed by atoms with Crippen LogP contribution in [0.15, 0.2) is 65.0 Å². The summed E-state index contributed by atoms with van der Waals surface area (Å²) in [5.74, 6) is -1.12. The molecule has 5 rings (SSSR count). The van der Waals surface area contributed by atoms with Crippen molar-refractivity contribution in [2.75, 3.05) is 11.4 Å². The summed E-state index contributed by atoms with van der Waals surface area (Å²) in [6.45, 7) is -0.352. The maximum Gasteiger partial charge on any atom is 0.263 e. The molecule has 0 saturated carbocycles. The van der Waals surface area contributed by atoms with E-state index >= 15 is 0 Å². The SMILES string of the molecule is NC(=O)[C@H]1CN(C(=O)Cn2cnc3scc(-c4ccc(F)cc4)c3c2=O)c2ccccc2O1. The lowest BCUT2D eigenvalue weighted by molar-refractivity contribution is -0.125. The zero-order valence-corrected chi connectivity index (χ0v) is 17.9. The molecule has 8 nitrogen and oxygen atoms in total. The standard InChI is InChI=1S/C23H17FN4O4S/c24-14-7-5-13(6-8-14)15-11-33-22-20(15)23(31)27(12-26-22)10-19(29)28-9-18(21(25)30)32-17-4-2-1-3-16(17)28/h1-8,11-12,18H,9-10H2,(H2,25,30)/t18-/m1/s1. The van der Waals surface area contributed by atoms with Gasteiger partial charge in [-0.15, -0.1) is 11.3 Å². The molecule has 0 fully saturated rings. The molecule has 2 N–H and O–H groups in total. The predicted octanol–water partition coefficient (Wildman–Crippen LogP) is 2.54. The third-order valence-corrected chi connectivity index (χ3v) is 6.30. The number of halogens is 1. The molecule has 10 heteroatoms. The maximum absolute atomic E-state index is 13.3. The van der Waals surface area contributed by atoms with Gasteiger partial charge in [-0.1, -0.05) is 24.3 Å². The second kappa shape index (κ2) is 8.14. The van der Waals surface area contributed by atoms with Gasteiger partial charge >= 0.3 is 0 Å². The fourth-order valence-electron chi connectivity index (χ4n) is 3.77. The highest BCUT2D eigenvalue weighted by Gasteiger charge is 2.32. The molecule has 2 amide bonds. The maximum atomic E-state index is 13.3. The number of benzene rings is 2. The van der Waals surface area contributed by atoms with Gasteiger partial charge in [0.2, 0.25) is 5.91 Å². The van der Waals surface area contributed by atoms with Crippen LogP contribution in [0.25, 0.3) is 21.3 Å². The fraction of sp³-hybridized carbons (Fsp3) is 0.130. The Kier molecular flexibility index (Phi) is 5.14. The van der Waals surface area contributed by atoms with Gasteiger partial charge in [0.05, 0.1) is 23.9 Å². The highest BCUT2D eigenvalue weighted by Crippen LogP contribution is 2.33. The van der Waals surface area contributed by atoms with Crippen LogP contribution in [0.5, 0.6) is 5.75 Å². The van der Waals surface area contributed by atoms with Crippen LogP contribution in [-0.4, -0.2) is 34.0 Å². The number of nitrogens with zero attached hydrogens (tertiary/aromatic N) is 3. The second-order valence-electron chi connectivity index (χ2n) is 7.49. The molecule has 0 aliphatic carbocycles. The average Bonchev–Trinajstić information content (AvgIpc) is 3.25. The van der Waals surface area contributed by atoms with E-state index in [1.165, 1.54) is 39.3 Å². The van der Waals surface area contributed by atoms with Crippen molar-refractivity contribution in [3.8, 4) is 16.9 Å². The summed E-state index contributed by atoms with van der Waals surface area (Å²) in [5.41, 5.74) is 6.81. The van der Waals surface area contributed by atoms with Crippen molar-refractivity contribution in [2.24, 2.45) is 5.73 Å². The van der Waals surface area contributed by atoms with Crippen LogP contribution in [0.3, 0.4) is 0 Å². The average molecular weight is 464 g/mol. The minimum absolute atomic E-state index is 0.0606. The Morgan fingerprint density at radius 3 is 2.70 bits per heavy atom. The van der Waals surface area contributed by atoms with Crippen LogP contribution in [0.1, 0.15) is 0 Å². The number of anilines is 1. The van der Waals surface area contributed by atoms with Gasteiger partial charge in [0.1, 0.15) is 22.9 Å². The van der Waals surface area contributed by atoms with Gasteiger partial charge in [-0.3, -0.25) is 19.0 Å². The molecule has 0 spiro atoms. The second-order valence-corrected chi connectivity index (χ2v) is 8.35. The van der Waals surface area contributed by atoms with Gasteiger partial charge in [0.15, 0.2) is 6.10 Å². The van der Waals surface area contributed by atoms with E-state index in [1.54, 1.807) is 41.8 Å². The Balaban J connectivity index is 1.51. The smallest absolute Gasteiger partial charge is 0.263 e. The van der Waals surface area contributed by atoms with Crippen LogP contribution < -0.4 is 20.9 Å². The molecule has 166 valence electrons. The summed E-state index contributed by atoms with van der Waals surface area (Å²) in [7, 11) is 0.